The minimum absolute atomic E-state index is 0.101. The molecular formula is C21H18O6. The summed E-state index contributed by atoms with van der Waals surface area (Å²) in [6.45, 7) is 0.108. The second-order valence-corrected chi connectivity index (χ2v) is 5.65. The molecule has 2 aromatic carbocycles. The maximum Gasteiger partial charge on any atom is 0.338 e. The molecule has 0 atom stereocenters. The first-order chi connectivity index (χ1) is 13.2. The smallest absolute Gasteiger partial charge is 0.338 e. The molecule has 1 aromatic heterocycles. The average molecular weight is 366 g/mol. The Kier molecular flexibility index (Phi) is 5.89. The fourth-order valence-electron chi connectivity index (χ4n) is 2.30. The molecule has 6 nitrogen and oxygen atoms in total. The largest absolute Gasteiger partial charge is 0.497 e. The van der Waals surface area contributed by atoms with Gasteiger partial charge in [0.15, 0.2) is 0 Å². The number of carbonyl (C=O) groups is 1. The first kappa shape index (κ1) is 18.3. The number of hydrogen-bond acceptors (Lipinski definition) is 6. The lowest BCUT2D eigenvalue weighted by Crippen LogP contribution is -2.10. The van der Waals surface area contributed by atoms with Crippen LogP contribution in [0.5, 0.6) is 11.5 Å². The molecule has 0 spiro atoms. The molecule has 3 aromatic rings. The van der Waals surface area contributed by atoms with Gasteiger partial charge in [0.25, 0.3) is 0 Å². The zero-order valence-electron chi connectivity index (χ0n) is 14.7. The molecule has 0 aliphatic carbocycles. The number of carbonyl (C=O) groups excluding carboxylic acids is 1. The van der Waals surface area contributed by atoms with Crippen LogP contribution in [0.25, 0.3) is 0 Å². The van der Waals surface area contributed by atoms with Crippen LogP contribution in [0.15, 0.2) is 76.1 Å². The average Bonchev–Trinajstić information content (AvgIpc) is 2.72. The molecule has 0 fully saturated rings. The van der Waals surface area contributed by atoms with E-state index in [0.717, 1.165) is 5.56 Å². The number of methoxy groups -OCH3 is 1. The van der Waals surface area contributed by atoms with Crippen LogP contribution in [-0.4, -0.2) is 13.1 Å². The molecule has 0 unspecified atom stereocenters. The van der Waals surface area contributed by atoms with E-state index in [2.05, 4.69) is 0 Å². The SMILES string of the molecule is COc1ccc(C(=O)OCc2cc(=O)c(OCc3ccccc3)co2)cc1. The van der Waals surface area contributed by atoms with Gasteiger partial charge in [0.2, 0.25) is 11.2 Å². The number of hydrogen-bond donors (Lipinski definition) is 0. The van der Waals surface area contributed by atoms with Crippen molar-refractivity contribution in [3.05, 3.63) is 94.0 Å². The minimum Gasteiger partial charge on any atom is -0.497 e. The van der Waals surface area contributed by atoms with Crippen molar-refractivity contribution in [3.8, 4) is 11.5 Å². The van der Waals surface area contributed by atoms with Crippen LogP contribution < -0.4 is 14.9 Å². The van der Waals surface area contributed by atoms with E-state index in [-0.39, 0.29) is 30.2 Å². The Hall–Kier alpha value is -3.54. The zero-order chi connectivity index (χ0) is 19.1. The second kappa shape index (κ2) is 8.71. The summed E-state index contributed by atoms with van der Waals surface area (Å²) in [7, 11) is 1.54. The van der Waals surface area contributed by atoms with Gasteiger partial charge in [0.1, 0.15) is 31.0 Å². The summed E-state index contributed by atoms with van der Waals surface area (Å²) in [6.07, 6.45) is 1.22. The van der Waals surface area contributed by atoms with Gasteiger partial charge in [0, 0.05) is 6.07 Å². The van der Waals surface area contributed by atoms with Gasteiger partial charge >= 0.3 is 5.97 Å². The van der Waals surface area contributed by atoms with E-state index < -0.39 is 5.97 Å². The number of ether oxygens (including phenoxy) is 3. The molecule has 0 saturated heterocycles. The molecule has 0 radical (unpaired) electrons. The van der Waals surface area contributed by atoms with Crippen LogP contribution in [0.3, 0.4) is 0 Å². The Bertz CT molecular complexity index is 944. The predicted octanol–water partition coefficient (Wildman–Crippen LogP) is 3.58. The molecule has 27 heavy (non-hydrogen) atoms. The lowest BCUT2D eigenvalue weighted by molar-refractivity contribution is 0.0442. The Balaban J connectivity index is 1.57. The topological polar surface area (TPSA) is 75.0 Å². The monoisotopic (exact) mass is 366 g/mol. The van der Waals surface area contributed by atoms with E-state index in [0.29, 0.717) is 11.3 Å². The molecule has 138 valence electrons. The summed E-state index contributed by atoms with van der Waals surface area (Å²) in [5, 5.41) is 0. The maximum absolute atomic E-state index is 12.1. The van der Waals surface area contributed by atoms with E-state index in [1.807, 2.05) is 30.3 Å². The van der Waals surface area contributed by atoms with Crippen molar-refractivity contribution in [1.29, 1.82) is 0 Å². The molecule has 0 bridgehead atoms. The quantitative estimate of drug-likeness (QED) is 0.595. The van der Waals surface area contributed by atoms with Crippen molar-refractivity contribution < 1.29 is 23.4 Å². The highest BCUT2D eigenvalue weighted by Gasteiger charge is 2.10. The Morgan fingerprint density at radius 1 is 1.00 bits per heavy atom. The van der Waals surface area contributed by atoms with E-state index in [1.165, 1.54) is 12.3 Å². The molecule has 0 aliphatic heterocycles. The summed E-state index contributed by atoms with van der Waals surface area (Å²) in [5.41, 5.74) is 0.975. The maximum atomic E-state index is 12.1. The molecule has 1 heterocycles. The van der Waals surface area contributed by atoms with Crippen LogP contribution >= 0.6 is 0 Å². The lowest BCUT2D eigenvalue weighted by atomic mass is 10.2. The molecule has 0 aliphatic rings. The highest BCUT2D eigenvalue weighted by molar-refractivity contribution is 5.89. The van der Waals surface area contributed by atoms with Gasteiger partial charge < -0.3 is 18.6 Å². The molecule has 6 heteroatoms. The zero-order valence-corrected chi connectivity index (χ0v) is 14.7. The second-order valence-electron chi connectivity index (χ2n) is 5.65. The molecule has 0 amide bonds. The third kappa shape index (κ3) is 4.98. The van der Waals surface area contributed by atoms with Gasteiger partial charge in [-0.25, -0.2) is 4.79 Å². The standard InChI is InChI=1S/C21H18O6/c1-24-17-9-7-16(8-10-17)21(23)27-13-18-11-19(22)20(14-25-18)26-12-15-5-3-2-4-6-15/h2-11,14H,12-13H2,1H3. The van der Waals surface area contributed by atoms with Gasteiger partial charge in [0.05, 0.1) is 12.7 Å². The minimum atomic E-state index is -0.523. The van der Waals surface area contributed by atoms with Gasteiger partial charge in [-0.1, -0.05) is 30.3 Å². The van der Waals surface area contributed by atoms with Crippen molar-refractivity contribution >= 4 is 5.97 Å². The van der Waals surface area contributed by atoms with Crippen molar-refractivity contribution in [1.82, 2.24) is 0 Å². The first-order valence-corrected chi connectivity index (χ1v) is 8.25. The van der Waals surface area contributed by atoms with Crippen LogP contribution in [0, 0.1) is 0 Å². The Morgan fingerprint density at radius 3 is 2.41 bits per heavy atom. The van der Waals surface area contributed by atoms with Crippen LogP contribution in [0.4, 0.5) is 0 Å². The van der Waals surface area contributed by atoms with Gasteiger partial charge in [-0.3, -0.25) is 4.79 Å². The molecule has 0 N–H and O–H groups in total. The summed E-state index contributed by atoms with van der Waals surface area (Å²) >= 11 is 0. The molecular weight excluding hydrogens is 348 g/mol. The van der Waals surface area contributed by atoms with E-state index in [9.17, 15) is 9.59 Å². The fourth-order valence-corrected chi connectivity index (χ4v) is 2.30. The van der Waals surface area contributed by atoms with Crippen molar-refractivity contribution in [2.45, 2.75) is 13.2 Å². The summed E-state index contributed by atoms with van der Waals surface area (Å²) in [4.78, 5) is 24.1. The molecule has 3 rings (SSSR count). The highest BCUT2D eigenvalue weighted by atomic mass is 16.5. The third-order valence-corrected chi connectivity index (χ3v) is 3.76. The number of esters is 1. The third-order valence-electron chi connectivity index (χ3n) is 3.76. The van der Waals surface area contributed by atoms with E-state index in [1.54, 1.807) is 31.4 Å². The Labute approximate surface area is 155 Å². The fraction of sp³-hybridized carbons (Fsp3) is 0.143. The van der Waals surface area contributed by atoms with Crippen LogP contribution in [0.1, 0.15) is 21.7 Å². The highest BCUT2D eigenvalue weighted by Crippen LogP contribution is 2.14. The Morgan fingerprint density at radius 2 is 1.74 bits per heavy atom. The van der Waals surface area contributed by atoms with Crippen LogP contribution in [-0.2, 0) is 18.0 Å². The first-order valence-electron chi connectivity index (χ1n) is 8.25. The van der Waals surface area contributed by atoms with Crippen LogP contribution in [0.2, 0.25) is 0 Å². The van der Waals surface area contributed by atoms with Crippen molar-refractivity contribution in [2.75, 3.05) is 7.11 Å². The van der Waals surface area contributed by atoms with E-state index >= 15 is 0 Å². The summed E-state index contributed by atoms with van der Waals surface area (Å²) in [6, 6.07) is 17.2. The normalized spacial score (nSPS) is 10.3. The van der Waals surface area contributed by atoms with Crippen molar-refractivity contribution in [3.63, 3.8) is 0 Å². The lowest BCUT2D eigenvalue weighted by Gasteiger charge is -2.07. The van der Waals surface area contributed by atoms with Crippen molar-refractivity contribution in [2.24, 2.45) is 0 Å². The number of rotatable bonds is 7. The predicted molar refractivity (Wildman–Crippen MR) is 97.9 cm³/mol. The van der Waals surface area contributed by atoms with E-state index in [4.69, 9.17) is 18.6 Å². The van der Waals surface area contributed by atoms with Gasteiger partial charge in [-0.15, -0.1) is 0 Å². The van der Waals surface area contributed by atoms with Gasteiger partial charge in [-0.2, -0.15) is 0 Å². The molecule has 0 saturated carbocycles. The summed E-state index contributed by atoms with van der Waals surface area (Å²) < 4.78 is 21.0. The summed E-state index contributed by atoms with van der Waals surface area (Å²) in [5.74, 6) is 0.450. The van der Waals surface area contributed by atoms with Gasteiger partial charge in [-0.05, 0) is 29.8 Å². The number of benzene rings is 2.